The topological polar surface area (TPSA) is 46.1 Å². The Bertz CT molecular complexity index is 714. The number of methoxy groups -OCH3 is 2. The van der Waals surface area contributed by atoms with Gasteiger partial charge in [0.1, 0.15) is 11.5 Å². The van der Waals surface area contributed by atoms with Crippen LogP contribution in [0.3, 0.4) is 0 Å². The van der Waals surface area contributed by atoms with Gasteiger partial charge in [-0.25, -0.2) is 4.99 Å². The molecule has 1 N–H and O–H groups in total. The molecule has 0 aliphatic heterocycles. The maximum atomic E-state index is 5.42. The molecule has 0 saturated carbocycles. The number of ether oxygens (including phenoxy) is 2. The summed E-state index contributed by atoms with van der Waals surface area (Å²) in [6, 6.07) is 11.7. The SMILES string of the molecule is CCN(C)/C=N/c1cc(OC)cc(Nc2ccccc2OC)c1C. The van der Waals surface area contributed by atoms with Crippen molar-refractivity contribution in [3.8, 4) is 11.5 Å². The highest BCUT2D eigenvalue weighted by atomic mass is 16.5. The van der Waals surface area contributed by atoms with E-state index >= 15 is 0 Å². The number of rotatable bonds is 7. The van der Waals surface area contributed by atoms with Gasteiger partial charge in [-0.1, -0.05) is 12.1 Å². The van der Waals surface area contributed by atoms with Crippen LogP contribution in [0.4, 0.5) is 17.1 Å². The minimum atomic E-state index is 0.754. The van der Waals surface area contributed by atoms with Gasteiger partial charge in [-0.2, -0.15) is 0 Å². The average molecular weight is 327 g/mol. The molecule has 0 heterocycles. The third-order valence-electron chi connectivity index (χ3n) is 3.86. The highest BCUT2D eigenvalue weighted by molar-refractivity contribution is 5.76. The van der Waals surface area contributed by atoms with Crippen molar-refractivity contribution in [3.05, 3.63) is 42.0 Å². The molecule has 0 atom stereocenters. The third-order valence-corrected chi connectivity index (χ3v) is 3.86. The Hall–Kier alpha value is -2.69. The van der Waals surface area contributed by atoms with E-state index in [0.717, 1.165) is 40.7 Å². The van der Waals surface area contributed by atoms with Gasteiger partial charge in [0.05, 0.1) is 31.9 Å². The smallest absolute Gasteiger partial charge is 0.142 e. The van der Waals surface area contributed by atoms with E-state index in [1.165, 1.54) is 0 Å². The largest absolute Gasteiger partial charge is 0.497 e. The molecule has 0 unspecified atom stereocenters. The van der Waals surface area contributed by atoms with Crippen LogP contribution >= 0.6 is 0 Å². The quantitative estimate of drug-likeness (QED) is 0.606. The first-order valence-electron chi connectivity index (χ1n) is 7.92. The normalized spacial score (nSPS) is 10.7. The van der Waals surface area contributed by atoms with Crippen molar-refractivity contribution in [1.29, 1.82) is 0 Å². The minimum absolute atomic E-state index is 0.754. The third kappa shape index (κ3) is 4.19. The molecule has 2 aromatic carbocycles. The predicted octanol–water partition coefficient (Wildman–Crippen LogP) is 4.37. The summed E-state index contributed by atoms with van der Waals surface area (Å²) >= 11 is 0. The van der Waals surface area contributed by atoms with E-state index in [4.69, 9.17) is 9.47 Å². The summed E-state index contributed by atoms with van der Waals surface area (Å²) in [6.45, 7) is 5.02. The number of para-hydroxylation sites is 2. The highest BCUT2D eigenvalue weighted by Gasteiger charge is 2.10. The zero-order valence-corrected chi connectivity index (χ0v) is 15.0. The van der Waals surface area contributed by atoms with E-state index in [9.17, 15) is 0 Å². The first-order valence-corrected chi connectivity index (χ1v) is 7.92. The van der Waals surface area contributed by atoms with Gasteiger partial charge in [-0.15, -0.1) is 0 Å². The van der Waals surface area contributed by atoms with Crippen LogP contribution in [0, 0.1) is 6.92 Å². The molecule has 0 aliphatic rings. The second-order valence-corrected chi connectivity index (χ2v) is 5.46. The second kappa shape index (κ2) is 8.24. The molecule has 2 aromatic rings. The molecule has 128 valence electrons. The molecular weight excluding hydrogens is 302 g/mol. The molecule has 2 rings (SSSR count). The Balaban J connectivity index is 2.40. The maximum Gasteiger partial charge on any atom is 0.142 e. The summed E-state index contributed by atoms with van der Waals surface area (Å²) in [5, 5.41) is 3.42. The fourth-order valence-electron chi connectivity index (χ4n) is 2.19. The minimum Gasteiger partial charge on any atom is -0.497 e. The maximum absolute atomic E-state index is 5.42. The van der Waals surface area contributed by atoms with Crippen molar-refractivity contribution in [2.75, 3.05) is 33.1 Å². The lowest BCUT2D eigenvalue weighted by atomic mass is 10.1. The van der Waals surface area contributed by atoms with Gasteiger partial charge in [0.25, 0.3) is 0 Å². The molecular formula is C19H25N3O2. The van der Waals surface area contributed by atoms with Gasteiger partial charge >= 0.3 is 0 Å². The number of hydrogen-bond donors (Lipinski definition) is 1. The number of anilines is 2. The molecule has 24 heavy (non-hydrogen) atoms. The number of nitrogens with one attached hydrogen (secondary N) is 1. The van der Waals surface area contributed by atoms with Gasteiger partial charge in [0.15, 0.2) is 0 Å². The zero-order valence-electron chi connectivity index (χ0n) is 15.0. The monoisotopic (exact) mass is 327 g/mol. The summed E-state index contributed by atoms with van der Waals surface area (Å²) < 4.78 is 10.8. The summed E-state index contributed by atoms with van der Waals surface area (Å²) in [7, 11) is 5.31. The van der Waals surface area contributed by atoms with Gasteiger partial charge in [0.2, 0.25) is 0 Å². The van der Waals surface area contributed by atoms with Crippen LogP contribution in [-0.2, 0) is 0 Å². The lowest BCUT2D eigenvalue weighted by Gasteiger charge is -2.16. The predicted molar refractivity (Wildman–Crippen MR) is 100 cm³/mol. The number of aliphatic imine (C=N–C) groups is 1. The Morgan fingerprint density at radius 1 is 1.12 bits per heavy atom. The summed E-state index contributed by atoms with van der Waals surface area (Å²) in [4.78, 5) is 6.60. The molecule has 0 aromatic heterocycles. The van der Waals surface area contributed by atoms with E-state index in [1.54, 1.807) is 14.2 Å². The van der Waals surface area contributed by atoms with Crippen LogP contribution in [0.15, 0.2) is 41.4 Å². The van der Waals surface area contributed by atoms with Crippen LogP contribution in [0.2, 0.25) is 0 Å². The Kier molecular flexibility index (Phi) is 6.07. The summed E-state index contributed by atoms with van der Waals surface area (Å²) in [5.41, 5.74) is 3.75. The number of hydrogen-bond acceptors (Lipinski definition) is 4. The van der Waals surface area contributed by atoms with E-state index in [-0.39, 0.29) is 0 Å². The van der Waals surface area contributed by atoms with E-state index in [0.29, 0.717) is 0 Å². The van der Waals surface area contributed by atoms with Crippen molar-refractivity contribution in [3.63, 3.8) is 0 Å². The van der Waals surface area contributed by atoms with E-state index in [1.807, 2.05) is 61.6 Å². The first kappa shape index (κ1) is 17.7. The van der Waals surface area contributed by atoms with Crippen molar-refractivity contribution >= 4 is 23.4 Å². The fraction of sp³-hybridized carbons (Fsp3) is 0.316. The molecule has 5 heteroatoms. The lowest BCUT2D eigenvalue weighted by Crippen LogP contribution is -2.14. The second-order valence-electron chi connectivity index (χ2n) is 5.46. The van der Waals surface area contributed by atoms with Crippen LogP contribution in [0.5, 0.6) is 11.5 Å². The molecule has 0 aliphatic carbocycles. The molecule has 0 fully saturated rings. The molecule has 0 saturated heterocycles. The van der Waals surface area contributed by atoms with Crippen LogP contribution in [0.25, 0.3) is 0 Å². The van der Waals surface area contributed by atoms with Gasteiger partial charge in [-0.3, -0.25) is 0 Å². The number of nitrogens with zero attached hydrogens (tertiary/aromatic N) is 2. The van der Waals surface area contributed by atoms with Crippen molar-refractivity contribution in [2.24, 2.45) is 4.99 Å². The fourth-order valence-corrected chi connectivity index (χ4v) is 2.19. The molecule has 0 radical (unpaired) electrons. The van der Waals surface area contributed by atoms with Crippen LogP contribution in [-0.4, -0.2) is 39.1 Å². The van der Waals surface area contributed by atoms with Crippen LogP contribution < -0.4 is 14.8 Å². The van der Waals surface area contributed by atoms with Gasteiger partial charge in [0, 0.05) is 31.4 Å². The van der Waals surface area contributed by atoms with Crippen LogP contribution in [0.1, 0.15) is 12.5 Å². The molecule has 0 bridgehead atoms. The van der Waals surface area contributed by atoms with Gasteiger partial charge < -0.3 is 19.7 Å². The Morgan fingerprint density at radius 2 is 1.88 bits per heavy atom. The van der Waals surface area contributed by atoms with E-state index in [2.05, 4.69) is 17.2 Å². The summed E-state index contributed by atoms with van der Waals surface area (Å²) in [6.07, 6.45) is 1.83. The first-order chi connectivity index (χ1) is 11.6. The molecule has 0 spiro atoms. The average Bonchev–Trinajstić information content (AvgIpc) is 2.62. The molecule has 0 amide bonds. The van der Waals surface area contributed by atoms with Gasteiger partial charge in [-0.05, 0) is 31.5 Å². The van der Waals surface area contributed by atoms with E-state index < -0.39 is 0 Å². The Labute approximate surface area is 143 Å². The number of benzene rings is 2. The lowest BCUT2D eigenvalue weighted by molar-refractivity contribution is 0.414. The summed E-state index contributed by atoms with van der Waals surface area (Å²) in [5.74, 6) is 1.54. The zero-order chi connectivity index (χ0) is 17.5. The van der Waals surface area contributed by atoms with Crippen molar-refractivity contribution < 1.29 is 9.47 Å². The molecule has 5 nitrogen and oxygen atoms in total. The standard InChI is InChI=1S/C19H25N3O2/c1-6-22(3)13-20-17-11-15(23-4)12-18(14(17)2)21-16-9-7-8-10-19(16)24-5/h7-13,21H,6H2,1-5H3/b20-13+. The Morgan fingerprint density at radius 3 is 2.54 bits per heavy atom. The van der Waals surface area contributed by atoms with Crippen molar-refractivity contribution in [1.82, 2.24) is 4.90 Å². The highest BCUT2D eigenvalue weighted by Crippen LogP contribution is 2.35. The van der Waals surface area contributed by atoms with Crippen molar-refractivity contribution in [2.45, 2.75) is 13.8 Å².